The Morgan fingerprint density at radius 3 is 2.10 bits per heavy atom. The van der Waals surface area contributed by atoms with Crippen LogP contribution in [0.4, 0.5) is 0 Å². The Labute approximate surface area is 120 Å². The molecule has 0 bridgehead atoms. The lowest BCUT2D eigenvalue weighted by Crippen LogP contribution is -2.07. The number of ketones is 1. The molecule has 0 heterocycles. The Morgan fingerprint density at radius 2 is 1.60 bits per heavy atom. The Bertz CT molecular complexity index is 443. The van der Waals surface area contributed by atoms with Gasteiger partial charge in [0, 0.05) is 18.6 Å². The number of phenolic OH excluding ortho intramolecular Hbond substituents is 3. The molecule has 1 atom stereocenters. The molecule has 0 fully saturated rings. The van der Waals surface area contributed by atoms with E-state index in [0.717, 1.165) is 31.4 Å². The maximum atomic E-state index is 12.1. The van der Waals surface area contributed by atoms with Crippen LogP contribution in [0.5, 0.6) is 17.2 Å². The van der Waals surface area contributed by atoms with Crippen LogP contribution in [0.3, 0.4) is 0 Å². The molecule has 1 aromatic rings. The Kier molecular flexibility index (Phi) is 5.86. The van der Waals surface area contributed by atoms with Crippen LogP contribution >= 0.6 is 0 Å². The number of aromatic hydroxyl groups is 3. The summed E-state index contributed by atoms with van der Waals surface area (Å²) in [7, 11) is 0. The van der Waals surface area contributed by atoms with Gasteiger partial charge >= 0.3 is 0 Å². The van der Waals surface area contributed by atoms with E-state index in [1.165, 1.54) is 0 Å². The van der Waals surface area contributed by atoms with E-state index >= 15 is 0 Å². The van der Waals surface area contributed by atoms with Crippen LogP contribution in [0.25, 0.3) is 0 Å². The third-order valence-corrected chi connectivity index (χ3v) is 3.37. The molecule has 0 aliphatic heterocycles. The summed E-state index contributed by atoms with van der Waals surface area (Å²) in [4.78, 5) is 12.1. The van der Waals surface area contributed by atoms with Crippen molar-refractivity contribution in [2.24, 2.45) is 11.8 Å². The van der Waals surface area contributed by atoms with Gasteiger partial charge in [-0.05, 0) is 11.8 Å². The molecule has 20 heavy (non-hydrogen) atoms. The fourth-order valence-corrected chi connectivity index (χ4v) is 2.28. The van der Waals surface area contributed by atoms with Crippen molar-refractivity contribution in [3.8, 4) is 17.2 Å². The van der Waals surface area contributed by atoms with Gasteiger partial charge in [-0.3, -0.25) is 4.79 Å². The minimum Gasteiger partial charge on any atom is -0.508 e. The molecule has 112 valence electrons. The van der Waals surface area contributed by atoms with E-state index in [4.69, 9.17) is 0 Å². The second-order valence-corrected chi connectivity index (χ2v) is 5.92. The highest BCUT2D eigenvalue weighted by molar-refractivity contribution is 6.01. The lowest BCUT2D eigenvalue weighted by molar-refractivity contribution is 0.0956. The van der Waals surface area contributed by atoms with Crippen molar-refractivity contribution in [3.05, 3.63) is 17.7 Å². The van der Waals surface area contributed by atoms with Gasteiger partial charge in [0.05, 0.1) is 0 Å². The summed E-state index contributed by atoms with van der Waals surface area (Å²) in [6.07, 6.45) is 3.43. The Balaban J connectivity index is 2.63. The lowest BCUT2D eigenvalue weighted by Gasteiger charge is -2.13. The van der Waals surface area contributed by atoms with Gasteiger partial charge in [-0.1, -0.05) is 40.0 Å². The summed E-state index contributed by atoms with van der Waals surface area (Å²) >= 11 is 0. The zero-order chi connectivity index (χ0) is 15.3. The van der Waals surface area contributed by atoms with Gasteiger partial charge in [0.2, 0.25) is 0 Å². The Hall–Kier alpha value is -1.71. The first-order valence-electron chi connectivity index (χ1n) is 7.09. The van der Waals surface area contributed by atoms with E-state index in [-0.39, 0.29) is 40.9 Å². The molecule has 1 unspecified atom stereocenters. The zero-order valence-corrected chi connectivity index (χ0v) is 12.4. The smallest absolute Gasteiger partial charge is 0.170 e. The molecule has 1 aromatic carbocycles. The number of benzene rings is 1. The third-order valence-electron chi connectivity index (χ3n) is 3.37. The molecule has 0 saturated carbocycles. The first-order chi connectivity index (χ1) is 9.31. The van der Waals surface area contributed by atoms with Crippen LogP contribution in [0.15, 0.2) is 12.1 Å². The molecule has 0 aliphatic rings. The second-order valence-electron chi connectivity index (χ2n) is 5.92. The van der Waals surface area contributed by atoms with Gasteiger partial charge in [-0.15, -0.1) is 0 Å². The lowest BCUT2D eigenvalue weighted by atomic mass is 9.93. The summed E-state index contributed by atoms with van der Waals surface area (Å²) in [5.74, 6) is -0.445. The van der Waals surface area contributed by atoms with Crippen molar-refractivity contribution in [3.63, 3.8) is 0 Å². The van der Waals surface area contributed by atoms with E-state index in [1.807, 2.05) is 6.92 Å². The van der Waals surface area contributed by atoms with Crippen molar-refractivity contribution in [2.45, 2.75) is 46.5 Å². The highest BCUT2D eigenvalue weighted by Crippen LogP contribution is 2.33. The SMILES string of the molecule is CC(C)CCCC(C)CC(=O)c1c(O)cc(O)cc1O. The average molecular weight is 280 g/mol. The summed E-state index contributed by atoms with van der Waals surface area (Å²) in [6, 6.07) is 2.13. The van der Waals surface area contributed by atoms with Gasteiger partial charge in [0.15, 0.2) is 5.78 Å². The van der Waals surface area contributed by atoms with Crippen LogP contribution in [0.2, 0.25) is 0 Å². The minimum atomic E-state index is -0.373. The van der Waals surface area contributed by atoms with Crippen molar-refractivity contribution in [1.29, 1.82) is 0 Å². The van der Waals surface area contributed by atoms with E-state index in [9.17, 15) is 20.1 Å². The number of phenols is 3. The molecule has 4 nitrogen and oxygen atoms in total. The zero-order valence-electron chi connectivity index (χ0n) is 12.4. The summed E-state index contributed by atoms with van der Waals surface area (Å²) in [5.41, 5.74) is -0.0986. The van der Waals surface area contributed by atoms with E-state index in [0.29, 0.717) is 5.92 Å². The van der Waals surface area contributed by atoms with Gasteiger partial charge in [0.1, 0.15) is 22.8 Å². The predicted octanol–water partition coefficient (Wildman–Crippen LogP) is 3.84. The largest absolute Gasteiger partial charge is 0.508 e. The highest BCUT2D eigenvalue weighted by atomic mass is 16.3. The molecule has 3 N–H and O–H groups in total. The van der Waals surface area contributed by atoms with Gasteiger partial charge in [-0.25, -0.2) is 0 Å². The monoisotopic (exact) mass is 280 g/mol. The maximum absolute atomic E-state index is 12.1. The van der Waals surface area contributed by atoms with Crippen molar-refractivity contribution in [2.75, 3.05) is 0 Å². The molecular formula is C16H24O4. The summed E-state index contributed by atoms with van der Waals surface area (Å²) in [6.45, 7) is 6.33. The van der Waals surface area contributed by atoms with Crippen LogP contribution in [-0.4, -0.2) is 21.1 Å². The molecule has 1 rings (SSSR count). The van der Waals surface area contributed by atoms with E-state index in [2.05, 4.69) is 13.8 Å². The van der Waals surface area contributed by atoms with Crippen LogP contribution in [0, 0.1) is 11.8 Å². The molecule has 0 aliphatic carbocycles. The third kappa shape index (κ3) is 4.76. The van der Waals surface area contributed by atoms with E-state index in [1.54, 1.807) is 0 Å². The number of hydrogen-bond donors (Lipinski definition) is 3. The second kappa shape index (κ2) is 7.17. The van der Waals surface area contributed by atoms with Crippen molar-refractivity contribution >= 4 is 5.78 Å². The maximum Gasteiger partial charge on any atom is 0.170 e. The molecule has 4 heteroatoms. The molecule has 0 spiro atoms. The minimum absolute atomic E-state index is 0.0986. The summed E-state index contributed by atoms with van der Waals surface area (Å²) in [5, 5.41) is 28.5. The Morgan fingerprint density at radius 1 is 1.05 bits per heavy atom. The molecule has 0 amide bonds. The molecule has 0 aromatic heterocycles. The van der Waals surface area contributed by atoms with Gasteiger partial charge in [0.25, 0.3) is 0 Å². The number of hydrogen-bond acceptors (Lipinski definition) is 4. The first-order valence-corrected chi connectivity index (χ1v) is 7.09. The average Bonchev–Trinajstić information content (AvgIpc) is 2.26. The van der Waals surface area contributed by atoms with Gasteiger partial charge < -0.3 is 15.3 Å². The normalized spacial score (nSPS) is 12.6. The van der Waals surface area contributed by atoms with Crippen LogP contribution < -0.4 is 0 Å². The summed E-state index contributed by atoms with van der Waals surface area (Å²) < 4.78 is 0. The van der Waals surface area contributed by atoms with E-state index < -0.39 is 0 Å². The molecular weight excluding hydrogens is 256 g/mol. The van der Waals surface area contributed by atoms with Crippen LogP contribution in [-0.2, 0) is 0 Å². The topological polar surface area (TPSA) is 77.8 Å². The highest BCUT2D eigenvalue weighted by Gasteiger charge is 2.19. The van der Waals surface area contributed by atoms with Crippen molar-refractivity contribution < 1.29 is 20.1 Å². The number of Topliss-reactive ketones (excluding diaryl/α,β-unsaturated/α-hetero) is 1. The number of carbonyl (C=O) groups excluding carboxylic acids is 1. The molecule has 0 saturated heterocycles. The quantitative estimate of drug-likeness (QED) is 0.663. The number of rotatable bonds is 7. The van der Waals surface area contributed by atoms with Crippen LogP contribution in [0.1, 0.15) is 56.8 Å². The van der Waals surface area contributed by atoms with Crippen molar-refractivity contribution in [1.82, 2.24) is 0 Å². The predicted molar refractivity (Wildman–Crippen MR) is 78.2 cm³/mol. The van der Waals surface area contributed by atoms with Gasteiger partial charge in [-0.2, -0.15) is 0 Å². The fraction of sp³-hybridized carbons (Fsp3) is 0.562. The molecule has 0 radical (unpaired) electrons. The fourth-order valence-electron chi connectivity index (χ4n) is 2.28. The number of carbonyl (C=O) groups is 1. The standard InChI is InChI=1S/C16H24O4/c1-10(2)5-4-6-11(3)7-13(18)16-14(19)8-12(17)9-15(16)20/h8-11,17,19-20H,4-7H2,1-3H3. The first kappa shape index (κ1) is 16.3.